The lowest BCUT2D eigenvalue weighted by atomic mass is 10.1. The fraction of sp³-hybridized carbons (Fsp3) is 0.691. The number of hydrogen-bond acceptors (Lipinski definition) is 22. The lowest BCUT2D eigenvalue weighted by molar-refractivity contribution is -0.166. The number of carbonyl (C=O) groups excluding carboxylic acids is 13. The number of anilines is 1. The third-order valence-electron chi connectivity index (χ3n) is 16.1. The number of amides is 13. The Morgan fingerprint density at radius 2 is 0.638 bits per heavy atom. The average Bonchev–Trinajstić information content (AvgIpc) is 0.967. The van der Waals surface area contributed by atoms with E-state index in [1.165, 1.54) is 13.8 Å². The van der Waals surface area contributed by atoms with Crippen LogP contribution < -0.4 is 47.9 Å². The summed E-state index contributed by atoms with van der Waals surface area (Å²) in [6.07, 6.45) is 9.23. The molecule has 105 heavy (non-hydrogen) atoms. The summed E-state index contributed by atoms with van der Waals surface area (Å²) in [5.41, 5.74) is 1.36. The second kappa shape index (κ2) is 59.8. The smallest absolute Gasteiger partial charge is 0.246 e. The summed E-state index contributed by atoms with van der Waals surface area (Å²) in [5, 5.41) is 90.9. The highest BCUT2D eigenvalue weighted by molar-refractivity contribution is 7.80. The zero-order valence-corrected chi connectivity index (χ0v) is 62.6. The van der Waals surface area contributed by atoms with Gasteiger partial charge in [-0.25, -0.2) is 30.4 Å². The molecule has 1 atom stereocenters. The summed E-state index contributed by atoms with van der Waals surface area (Å²) in [5.74, 6) is -6.22. The predicted molar refractivity (Wildman–Crippen MR) is 391 cm³/mol. The van der Waals surface area contributed by atoms with E-state index in [0.29, 0.717) is 196 Å². The van der Waals surface area contributed by atoms with Crippen molar-refractivity contribution in [1.29, 1.82) is 0 Å². The molecule has 592 valence electrons. The molecule has 37 heteroatoms. The van der Waals surface area contributed by atoms with Crippen molar-refractivity contribution in [1.82, 2.24) is 72.9 Å². The van der Waals surface area contributed by atoms with Gasteiger partial charge in [-0.15, -0.1) is 0 Å². The summed E-state index contributed by atoms with van der Waals surface area (Å²) < 4.78 is 0. The van der Waals surface area contributed by atoms with Gasteiger partial charge in [0.05, 0.1) is 10.8 Å². The Hall–Kier alpha value is -8.42. The normalized spacial score (nSPS) is 10.9. The van der Waals surface area contributed by atoms with Gasteiger partial charge in [0.15, 0.2) is 5.11 Å². The third kappa shape index (κ3) is 51.4. The second-order valence-electron chi connectivity index (χ2n) is 25.0. The van der Waals surface area contributed by atoms with Crippen LogP contribution in [0.15, 0.2) is 29.3 Å². The van der Waals surface area contributed by atoms with Crippen LogP contribution in [0.4, 0.5) is 11.4 Å². The Morgan fingerprint density at radius 3 is 0.952 bits per heavy atom. The molecule has 1 unspecified atom stereocenters. The summed E-state index contributed by atoms with van der Waals surface area (Å²) in [4.78, 5) is 164. The lowest BCUT2D eigenvalue weighted by Crippen LogP contribution is -2.47. The van der Waals surface area contributed by atoms with Crippen LogP contribution in [0, 0.1) is 0 Å². The van der Waals surface area contributed by atoms with Crippen LogP contribution in [-0.2, 0) is 62.3 Å². The number of carbonyl (C=O) groups is 13. The number of hydroxylamine groups is 12. The van der Waals surface area contributed by atoms with Gasteiger partial charge in [0, 0.05) is 169 Å². The van der Waals surface area contributed by atoms with Crippen LogP contribution in [0.2, 0.25) is 0 Å². The molecule has 0 fully saturated rings. The fourth-order valence-corrected chi connectivity index (χ4v) is 10.1. The van der Waals surface area contributed by atoms with E-state index in [9.17, 15) is 93.6 Å². The molecular formula is C68H114N16O19S2. The lowest BCUT2D eigenvalue weighted by Gasteiger charge is -2.19. The molecule has 1 aromatic carbocycles. The van der Waals surface area contributed by atoms with E-state index in [-0.39, 0.29) is 141 Å². The fourth-order valence-electron chi connectivity index (χ4n) is 9.79. The topological polar surface area (TPSA) is 483 Å². The van der Waals surface area contributed by atoms with Gasteiger partial charge in [-0.05, 0) is 184 Å². The van der Waals surface area contributed by atoms with Crippen molar-refractivity contribution in [2.24, 2.45) is 4.99 Å². The maximum Gasteiger partial charge on any atom is 0.246 e. The van der Waals surface area contributed by atoms with Crippen LogP contribution in [0.1, 0.15) is 213 Å². The van der Waals surface area contributed by atoms with Gasteiger partial charge in [-0.2, -0.15) is 4.99 Å². The number of unbranched alkanes of at least 4 members (excludes halogenated alkanes) is 13. The standard InChI is InChI=1S/C68H114N16O19S2/c1-52(85)79(98)45-17-3-10-39-70-58(88)30-34-63(93)82(101)48-20-6-13-41-72-60(90)32-36-65(95)81(100)47-19-5-12-38-69-57(87)28-29-62(92)78-56(23-9-16-44-75-68(105)77-55-26-24-54(25-27-55)76-51-104)67(97)74-43-15-8-22-50-84(103)66(96)37-33-61(91)73-42-14-7-21-49-83(102)64(94)35-31-59(89)71-40-11-4-18-46-80(99)53(2)86/h24-27,56,98-103H,3-23,28-50H2,1-2H3,(H,69,87)(H,70,88)(H,71,89)(H,72,90)(H,73,91)(H,74,97)(H,78,92)(H2,75,77,105). The van der Waals surface area contributed by atoms with E-state index in [0.717, 1.165) is 5.69 Å². The molecule has 13 amide bonds. The van der Waals surface area contributed by atoms with E-state index >= 15 is 0 Å². The number of hydrogen-bond donors (Lipinski definition) is 15. The molecule has 0 bridgehead atoms. The summed E-state index contributed by atoms with van der Waals surface area (Å²) in [6, 6.07) is 6.11. The first kappa shape index (κ1) is 94.6. The number of nitrogens with one attached hydrogen (secondary N) is 9. The summed E-state index contributed by atoms with van der Waals surface area (Å²) in [6.45, 7) is 5.22. The summed E-state index contributed by atoms with van der Waals surface area (Å²) >= 11 is 10.1. The van der Waals surface area contributed by atoms with Crippen LogP contribution in [0.5, 0.6) is 0 Å². The molecule has 0 saturated carbocycles. The van der Waals surface area contributed by atoms with Crippen LogP contribution in [-0.4, -0.2) is 240 Å². The number of isothiocyanates is 1. The molecule has 0 heterocycles. The van der Waals surface area contributed by atoms with Crippen molar-refractivity contribution in [2.45, 2.75) is 219 Å². The van der Waals surface area contributed by atoms with Gasteiger partial charge in [0.1, 0.15) is 6.04 Å². The van der Waals surface area contributed by atoms with E-state index in [4.69, 9.17) is 12.2 Å². The highest BCUT2D eigenvalue weighted by atomic mass is 32.1. The first-order chi connectivity index (χ1) is 50.2. The maximum absolute atomic E-state index is 13.5. The van der Waals surface area contributed by atoms with Crippen molar-refractivity contribution >= 4 is 123 Å². The molecule has 0 aliphatic heterocycles. The molecule has 0 spiro atoms. The molecule has 35 nitrogen and oxygen atoms in total. The van der Waals surface area contributed by atoms with Gasteiger partial charge in [0.2, 0.25) is 76.8 Å². The zero-order valence-electron chi connectivity index (χ0n) is 60.9. The molecule has 15 N–H and O–H groups in total. The Labute approximate surface area is 625 Å². The molecule has 0 aliphatic carbocycles. The molecular weight excluding hydrogens is 1410 g/mol. The van der Waals surface area contributed by atoms with E-state index in [1.807, 2.05) is 0 Å². The van der Waals surface area contributed by atoms with Crippen molar-refractivity contribution in [3.63, 3.8) is 0 Å². The third-order valence-corrected chi connectivity index (χ3v) is 16.4. The Balaban J connectivity index is 2.39. The van der Waals surface area contributed by atoms with E-state index in [2.05, 4.69) is 70.2 Å². The number of benzene rings is 1. The first-order valence-electron chi connectivity index (χ1n) is 36.3. The van der Waals surface area contributed by atoms with Gasteiger partial charge in [-0.1, -0.05) is 0 Å². The second-order valence-corrected chi connectivity index (χ2v) is 25.6. The predicted octanol–water partition coefficient (Wildman–Crippen LogP) is 4.33. The zero-order chi connectivity index (χ0) is 78.0. The quantitative estimate of drug-likeness (QED) is 0.0142. The first-order valence-corrected chi connectivity index (χ1v) is 37.1. The molecule has 0 aromatic heterocycles. The number of thiocarbonyl (C=S) groups is 2. The minimum atomic E-state index is -0.936. The highest BCUT2D eigenvalue weighted by Crippen LogP contribution is 2.16. The molecule has 0 saturated heterocycles. The Morgan fingerprint density at radius 1 is 0.362 bits per heavy atom. The van der Waals surface area contributed by atoms with Gasteiger partial charge in [-0.3, -0.25) is 93.6 Å². The number of aliphatic imine (C=N–C) groups is 1. The van der Waals surface area contributed by atoms with Gasteiger partial charge in [0.25, 0.3) is 0 Å². The van der Waals surface area contributed by atoms with Crippen molar-refractivity contribution in [3.05, 3.63) is 24.3 Å². The number of nitrogens with zero attached hydrogens (tertiary/aromatic N) is 7. The maximum atomic E-state index is 13.5. The SMILES string of the molecule is CC(=O)N(O)CCCCCNC(=O)CCC(=O)N(O)CCCCCNC(=O)CCC(=O)N(O)CCCCCNC(=O)CCC(=O)NC(CCCCNC(=S)Nc1ccc(N=C=S)cc1)C(=O)NCCCCCN(O)C(=O)CCC(=O)NCCCCCN(O)C(=O)CCC(=O)NCCCCCN(O)C(C)=O. The highest BCUT2D eigenvalue weighted by Gasteiger charge is 2.22. The van der Waals surface area contributed by atoms with Crippen molar-refractivity contribution in [3.8, 4) is 0 Å². The minimum Gasteiger partial charge on any atom is -0.362 e. The largest absolute Gasteiger partial charge is 0.362 e. The van der Waals surface area contributed by atoms with Gasteiger partial charge >= 0.3 is 0 Å². The number of rotatable bonds is 60. The average molecular weight is 1520 g/mol. The molecule has 1 rings (SSSR count). The minimum absolute atomic E-state index is 0.000601. The van der Waals surface area contributed by atoms with Crippen LogP contribution in [0.3, 0.4) is 0 Å². The van der Waals surface area contributed by atoms with E-state index in [1.54, 1.807) is 24.3 Å². The molecule has 1 aromatic rings. The van der Waals surface area contributed by atoms with Crippen molar-refractivity contribution < 1.29 is 93.6 Å². The summed E-state index contributed by atoms with van der Waals surface area (Å²) in [7, 11) is 0. The molecule has 0 radical (unpaired) electrons. The van der Waals surface area contributed by atoms with E-state index < -0.39 is 71.0 Å². The van der Waals surface area contributed by atoms with Crippen molar-refractivity contribution in [2.75, 3.05) is 90.4 Å². The monoisotopic (exact) mass is 1520 g/mol. The van der Waals surface area contributed by atoms with Crippen LogP contribution >= 0.6 is 24.4 Å². The van der Waals surface area contributed by atoms with Crippen LogP contribution in [0.25, 0.3) is 0 Å². The van der Waals surface area contributed by atoms with Gasteiger partial charge < -0.3 is 47.9 Å². The Bertz CT molecular complexity index is 2880. The Kier molecular flexibility index (Phi) is 53.9. The molecule has 0 aliphatic rings.